The van der Waals surface area contributed by atoms with Gasteiger partial charge >= 0.3 is 0 Å². The number of thiazole rings is 1. The molecule has 18 heavy (non-hydrogen) atoms. The summed E-state index contributed by atoms with van der Waals surface area (Å²) in [6, 6.07) is 0. The Morgan fingerprint density at radius 3 is 2.94 bits per heavy atom. The molecule has 3 rings (SSSR count). The van der Waals surface area contributed by atoms with Crippen molar-refractivity contribution in [3.05, 3.63) is 16.1 Å². The van der Waals surface area contributed by atoms with Gasteiger partial charge in [0.25, 0.3) is 0 Å². The third-order valence-corrected chi connectivity index (χ3v) is 5.21. The van der Waals surface area contributed by atoms with Crippen LogP contribution in [0, 0.1) is 6.92 Å². The Balaban J connectivity index is 1.63. The van der Waals surface area contributed by atoms with Crippen molar-refractivity contribution < 1.29 is 0 Å². The molecule has 1 saturated carbocycles. The van der Waals surface area contributed by atoms with Crippen molar-refractivity contribution in [1.82, 2.24) is 15.2 Å². The van der Waals surface area contributed by atoms with Gasteiger partial charge in [-0.2, -0.15) is 0 Å². The van der Waals surface area contributed by atoms with E-state index in [-0.39, 0.29) is 0 Å². The monoisotopic (exact) mass is 265 g/mol. The molecule has 1 spiro atoms. The highest BCUT2D eigenvalue weighted by Crippen LogP contribution is 2.31. The van der Waals surface area contributed by atoms with E-state index in [9.17, 15) is 0 Å². The second-order valence-electron chi connectivity index (χ2n) is 5.82. The van der Waals surface area contributed by atoms with Gasteiger partial charge in [0.2, 0.25) is 0 Å². The van der Waals surface area contributed by atoms with Gasteiger partial charge in [-0.15, -0.1) is 11.3 Å². The Bertz CT molecular complexity index is 390. The number of hydrogen-bond donors (Lipinski definition) is 1. The van der Waals surface area contributed by atoms with Gasteiger partial charge < -0.3 is 5.32 Å². The molecule has 1 aromatic rings. The van der Waals surface area contributed by atoms with Gasteiger partial charge in [0.15, 0.2) is 0 Å². The van der Waals surface area contributed by atoms with Crippen LogP contribution in [0.3, 0.4) is 0 Å². The quantitative estimate of drug-likeness (QED) is 0.891. The smallest absolute Gasteiger partial charge is 0.0897 e. The summed E-state index contributed by atoms with van der Waals surface area (Å²) < 4.78 is 0. The number of hydrogen-bond acceptors (Lipinski definition) is 4. The van der Waals surface area contributed by atoms with E-state index in [4.69, 9.17) is 0 Å². The standard InChI is InChI=1S/C14H23N3S/c1-12-15-9-13(18-12)10-17-8-7-16-14(11-17)5-3-2-4-6-14/h9,16H,2-8,10-11H2,1H3. The van der Waals surface area contributed by atoms with Crippen LogP contribution in [0.15, 0.2) is 6.20 Å². The molecule has 1 N–H and O–H groups in total. The Morgan fingerprint density at radius 2 is 2.22 bits per heavy atom. The van der Waals surface area contributed by atoms with Crippen molar-refractivity contribution >= 4 is 11.3 Å². The van der Waals surface area contributed by atoms with Crippen LogP contribution in [0.1, 0.15) is 42.0 Å². The van der Waals surface area contributed by atoms with Crippen molar-refractivity contribution in [3.63, 3.8) is 0 Å². The molecule has 0 unspecified atom stereocenters. The first-order chi connectivity index (χ1) is 8.76. The second kappa shape index (κ2) is 5.27. The summed E-state index contributed by atoms with van der Waals surface area (Å²) in [5, 5.41) is 4.99. The minimum atomic E-state index is 0.427. The fourth-order valence-electron chi connectivity index (χ4n) is 3.44. The van der Waals surface area contributed by atoms with E-state index in [2.05, 4.69) is 28.3 Å². The number of nitrogens with zero attached hydrogens (tertiary/aromatic N) is 2. The van der Waals surface area contributed by atoms with Crippen LogP contribution in [0.5, 0.6) is 0 Å². The van der Waals surface area contributed by atoms with E-state index >= 15 is 0 Å². The molecule has 2 heterocycles. The molecule has 4 heteroatoms. The summed E-state index contributed by atoms with van der Waals surface area (Å²) in [5.41, 5.74) is 0.427. The number of nitrogens with one attached hydrogen (secondary N) is 1. The highest BCUT2D eigenvalue weighted by molar-refractivity contribution is 7.11. The van der Waals surface area contributed by atoms with E-state index < -0.39 is 0 Å². The van der Waals surface area contributed by atoms with Crippen molar-refractivity contribution in [2.24, 2.45) is 0 Å². The molecular formula is C14H23N3S. The minimum absolute atomic E-state index is 0.427. The lowest BCUT2D eigenvalue weighted by Crippen LogP contribution is -2.60. The lowest BCUT2D eigenvalue weighted by molar-refractivity contribution is 0.0952. The van der Waals surface area contributed by atoms with Crippen LogP contribution in [-0.2, 0) is 6.54 Å². The van der Waals surface area contributed by atoms with Gasteiger partial charge in [0, 0.05) is 42.8 Å². The van der Waals surface area contributed by atoms with Crippen LogP contribution in [0.4, 0.5) is 0 Å². The first-order valence-corrected chi connectivity index (χ1v) is 7.96. The molecule has 1 aromatic heterocycles. The van der Waals surface area contributed by atoms with Crippen LogP contribution >= 0.6 is 11.3 Å². The van der Waals surface area contributed by atoms with Crippen LogP contribution < -0.4 is 5.32 Å². The lowest BCUT2D eigenvalue weighted by atomic mass is 9.80. The summed E-state index contributed by atoms with van der Waals surface area (Å²) in [7, 11) is 0. The maximum absolute atomic E-state index is 4.36. The van der Waals surface area contributed by atoms with Gasteiger partial charge in [-0.1, -0.05) is 19.3 Å². The summed E-state index contributed by atoms with van der Waals surface area (Å²) >= 11 is 1.84. The van der Waals surface area contributed by atoms with Crippen molar-refractivity contribution in [3.8, 4) is 0 Å². The molecule has 1 aliphatic heterocycles. The molecular weight excluding hydrogens is 242 g/mol. The molecule has 100 valence electrons. The molecule has 0 amide bonds. The largest absolute Gasteiger partial charge is 0.309 e. The average Bonchev–Trinajstić information content (AvgIpc) is 2.76. The molecule has 1 saturated heterocycles. The van der Waals surface area contributed by atoms with Crippen LogP contribution in [-0.4, -0.2) is 35.1 Å². The number of aromatic nitrogens is 1. The predicted octanol–water partition coefficient (Wildman–Crippen LogP) is 2.56. The minimum Gasteiger partial charge on any atom is -0.309 e. The maximum Gasteiger partial charge on any atom is 0.0897 e. The van der Waals surface area contributed by atoms with Crippen molar-refractivity contribution in [2.75, 3.05) is 19.6 Å². The normalized spacial score (nSPS) is 24.5. The van der Waals surface area contributed by atoms with Gasteiger partial charge in [-0.3, -0.25) is 4.90 Å². The Kier molecular flexibility index (Phi) is 3.68. The zero-order valence-electron chi connectivity index (χ0n) is 11.2. The summed E-state index contributed by atoms with van der Waals surface area (Å²) in [5.74, 6) is 0. The van der Waals surface area contributed by atoms with E-state index in [0.717, 1.165) is 13.1 Å². The van der Waals surface area contributed by atoms with Gasteiger partial charge in [0.1, 0.15) is 0 Å². The van der Waals surface area contributed by atoms with Gasteiger partial charge in [-0.05, 0) is 19.8 Å². The van der Waals surface area contributed by atoms with Gasteiger partial charge in [0.05, 0.1) is 5.01 Å². The topological polar surface area (TPSA) is 28.2 Å². The van der Waals surface area contributed by atoms with E-state index in [1.165, 1.54) is 55.1 Å². The summed E-state index contributed by atoms with van der Waals surface area (Å²) in [6.45, 7) is 6.74. The zero-order chi connectivity index (χ0) is 12.4. The molecule has 3 nitrogen and oxygen atoms in total. The summed E-state index contributed by atoms with van der Waals surface area (Å²) in [6.07, 6.45) is 9.02. The predicted molar refractivity (Wildman–Crippen MR) is 75.9 cm³/mol. The Labute approximate surface area is 114 Å². The number of rotatable bonds is 2. The van der Waals surface area contributed by atoms with Crippen LogP contribution in [0.2, 0.25) is 0 Å². The molecule has 0 bridgehead atoms. The van der Waals surface area contributed by atoms with E-state index in [1.807, 2.05) is 11.3 Å². The van der Waals surface area contributed by atoms with E-state index in [0.29, 0.717) is 5.54 Å². The van der Waals surface area contributed by atoms with Crippen molar-refractivity contribution in [1.29, 1.82) is 0 Å². The fourth-order valence-corrected chi connectivity index (χ4v) is 4.28. The molecule has 0 atom stereocenters. The first kappa shape index (κ1) is 12.6. The highest BCUT2D eigenvalue weighted by atomic mass is 32.1. The van der Waals surface area contributed by atoms with Gasteiger partial charge in [-0.25, -0.2) is 4.98 Å². The second-order valence-corrected chi connectivity index (χ2v) is 7.14. The lowest BCUT2D eigenvalue weighted by Gasteiger charge is -2.46. The Hall–Kier alpha value is -0.450. The molecule has 0 radical (unpaired) electrons. The third-order valence-electron chi connectivity index (χ3n) is 4.31. The number of aryl methyl sites for hydroxylation is 1. The zero-order valence-corrected chi connectivity index (χ0v) is 12.1. The molecule has 2 aliphatic rings. The average molecular weight is 265 g/mol. The fraction of sp³-hybridized carbons (Fsp3) is 0.786. The third kappa shape index (κ3) is 2.76. The Morgan fingerprint density at radius 1 is 1.39 bits per heavy atom. The van der Waals surface area contributed by atoms with E-state index in [1.54, 1.807) is 0 Å². The first-order valence-electron chi connectivity index (χ1n) is 7.15. The molecule has 2 fully saturated rings. The number of piperazine rings is 1. The molecule has 1 aliphatic carbocycles. The highest BCUT2D eigenvalue weighted by Gasteiger charge is 2.35. The van der Waals surface area contributed by atoms with Crippen LogP contribution in [0.25, 0.3) is 0 Å². The summed E-state index contributed by atoms with van der Waals surface area (Å²) in [4.78, 5) is 8.40. The molecule has 0 aromatic carbocycles. The van der Waals surface area contributed by atoms with Crippen molar-refractivity contribution in [2.45, 2.75) is 51.1 Å². The SMILES string of the molecule is Cc1ncc(CN2CCNC3(CCCCC3)C2)s1. The maximum atomic E-state index is 4.36.